The molecule has 0 atom stereocenters. The van der Waals surface area contributed by atoms with Crippen molar-refractivity contribution >= 4 is 29.0 Å². The number of aromatic carboxylic acids is 1. The van der Waals surface area contributed by atoms with Crippen LogP contribution in [0.5, 0.6) is 0 Å². The molecule has 9 heteroatoms. The van der Waals surface area contributed by atoms with Crippen LogP contribution >= 0.6 is 0 Å². The molecule has 0 aliphatic carbocycles. The van der Waals surface area contributed by atoms with E-state index in [1.165, 1.54) is 30.6 Å². The highest BCUT2D eigenvalue weighted by Gasteiger charge is 2.29. The Balaban J connectivity index is 1.90. The van der Waals surface area contributed by atoms with Crippen molar-refractivity contribution in [3.63, 3.8) is 0 Å². The van der Waals surface area contributed by atoms with E-state index in [9.17, 15) is 14.9 Å². The molecule has 2 aromatic rings. The largest absolute Gasteiger partial charge is 0.478 e. The summed E-state index contributed by atoms with van der Waals surface area (Å²) in [6, 6.07) is 5.92. The number of nitro groups is 1. The minimum absolute atomic E-state index is 0.0849. The summed E-state index contributed by atoms with van der Waals surface area (Å²) in [6.07, 6.45) is 3.22. The van der Waals surface area contributed by atoms with Crippen molar-refractivity contribution in [1.82, 2.24) is 9.97 Å². The molecule has 1 aliphatic heterocycles. The Hall–Kier alpha value is -3.23. The number of carbonyl (C=O) groups is 1. The lowest BCUT2D eigenvalue weighted by atomic mass is 9.99. The van der Waals surface area contributed by atoms with Crippen molar-refractivity contribution < 1.29 is 14.8 Å². The van der Waals surface area contributed by atoms with Crippen LogP contribution in [0.4, 0.5) is 23.0 Å². The van der Waals surface area contributed by atoms with Crippen LogP contribution in [0.2, 0.25) is 0 Å². The Morgan fingerprint density at radius 1 is 1.27 bits per heavy atom. The molecule has 1 aromatic heterocycles. The Labute approximate surface area is 149 Å². The molecule has 9 nitrogen and oxygen atoms in total. The quantitative estimate of drug-likeness (QED) is 0.618. The molecule has 0 spiro atoms. The van der Waals surface area contributed by atoms with Crippen molar-refractivity contribution in [3.05, 3.63) is 46.3 Å². The SMILES string of the molecule is CC1CCN(c2ncnc(Nc3ccc(C(=O)O)cc3)c2[N+](=O)[O-])CC1. The second-order valence-electron chi connectivity index (χ2n) is 6.33. The van der Waals surface area contributed by atoms with E-state index in [2.05, 4.69) is 22.2 Å². The molecule has 0 saturated carbocycles. The third-order valence-corrected chi connectivity index (χ3v) is 4.46. The van der Waals surface area contributed by atoms with E-state index in [1.807, 2.05) is 4.90 Å². The van der Waals surface area contributed by atoms with Gasteiger partial charge in [-0.25, -0.2) is 14.8 Å². The molecular formula is C17H19N5O4. The smallest absolute Gasteiger partial charge is 0.353 e. The molecular weight excluding hydrogens is 338 g/mol. The van der Waals surface area contributed by atoms with Crippen LogP contribution in [-0.2, 0) is 0 Å². The molecule has 0 radical (unpaired) electrons. The van der Waals surface area contributed by atoms with E-state index in [0.717, 1.165) is 12.8 Å². The van der Waals surface area contributed by atoms with Crippen molar-refractivity contribution in [2.24, 2.45) is 5.92 Å². The molecule has 1 saturated heterocycles. The van der Waals surface area contributed by atoms with Gasteiger partial charge in [-0.15, -0.1) is 0 Å². The van der Waals surface area contributed by atoms with E-state index in [1.54, 1.807) is 0 Å². The molecule has 1 aliphatic rings. The lowest BCUT2D eigenvalue weighted by Gasteiger charge is -2.30. The lowest BCUT2D eigenvalue weighted by molar-refractivity contribution is -0.383. The third kappa shape index (κ3) is 3.71. The number of benzene rings is 1. The van der Waals surface area contributed by atoms with Gasteiger partial charge in [0, 0.05) is 18.8 Å². The number of nitrogens with zero attached hydrogens (tertiary/aromatic N) is 4. The highest BCUT2D eigenvalue weighted by molar-refractivity contribution is 5.88. The van der Waals surface area contributed by atoms with E-state index in [0.29, 0.717) is 30.5 Å². The number of hydrogen-bond donors (Lipinski definition) is 2. The maximum absolute atomic E-state index is 11.7. The van der Waals surface area contributed by atoms with Gasteiger partial charge in [0.1, 0.15) is 6.33 Å². The summed E-state index contributed by atoms with van der Waals surface area (Å²) < 4.78 is 0. The fourth-order valence-corrected chi connectivity index (χ4v) is 2.91. The number of hydrogen-bond acceptors (Lipinski definition) is 7. The van der Waals surface area contributed by atoms with Gasteiger partial charge in [0.2, 0.25) is 11.6 Å². The number of carboxylic acids is 1. The normalized spacial score (nSPS) is 14.9. The van der Waals surface area contributed by atoms with E-state index in [-0.39, 0.29) is 17.1 Å². The number of piperidine rings is 1. The van der Waals surface area contributed by atoms with Gasteiger partial charge in [0.25, 0.3) is 0 Å². The van der Waals surface area contributed by atoms with Gasteiger partial charge in [-0.1, -0.05) is 6.92 Å². The first kappa shape index (κ1) is 17.6. The summed E-state index contributed by atoms with van der Waals surface area (Å²) in [4.78, 5) is 32.2. The predicted molar refractivity (Wildman–Crippen MR) is 96.0 cm³/mol. The Kier molecular flexibility index (Phi) is 4.97. The zero-order valence-corrected chi connectivity index (χ0v) is 14.3. The van der Waals surface area contributed by atoms with E-state index < -0.39 is 10.9 Å². The van der Waals surface area contributed by atoms with Crippen LogP contribution in [0.3, 0.4) is 0 Å². The van der Waals surface area contributed by atoms with Gasteiger partial charge < -0.3 is 15.3 Å². The first-order chi connectivity index (χ1) is 12.5. The van der Waals surface area contributed by atoms with Gasteiger partial charge in [0.15, 0.2) is 0 Å². The van der Waals surface area contributed by atoms with Crippen molar-refractivity contribution in [3.8, 4) is 0 Å². The number of anilines is 3. The van der Waals surface area contributed by atoms with Gasteiger partial charge in [0.05, 0.1) is 10.5 Å². The van der Waals surface area contributed by atoms with Crippen LogP contribution < -0.4 is 10.2 Å². The van der Waals surface area contributed by atoms with Crippen LogP contribution in [-0.4, -0.2) is 39.1 Å². The molecule has 2 heterocycles. The fourth-order valence-electron chi connectivity index (χ4n) is 2.91. The molecule has 3 rings (SSSR count). The first-order valence-electron chi connectivity index (χ1n) is 8.30. The summed E-state index contributed by atoms with van der Waals surface area (Å²) in [7, 11) is 0. The number of carboxylic acid groups (broad SMARTS) is 1. The summed E-state index contributed by atoms with van der Waals surface area (Å²) in [5.41, 5.74) is 0.468. The van der Waals surface area contributed by atoms with Gasteiger partial charge in [-0.2, -0.15) is 0 Å². The van der Waals surface area contributed by atoms with Gasteiger partial charge >= 0.3 is 11.7 Å². The molecule has 26 heavy (non-hydrogen) atoms. The molecule has 2 N–H and O–H groups in total. The second-order valence-corrected chi connectivity index (χ2v) is 6.33. The number of rotatable bonds is 5. The molecule has 0 amide bonds. The van der Waals surface area contributed by atoms with Crippen LogP contribution in [0.15, 0.2) is 30.6 Å². The zero-order chi connectivity index (χ0) is 18.7. The lowest BCUT2D eigenvalue weighted by Crippen LogP contribution is -2.34. The van der Waals surface area contributed by atoms with E-state index >= 15 is 0 Å². The summed E-state index contributed by atoms with van der Waals surface area (Å²) in [5.74, 6) is -0.0491. The van der Waals surface area contributed by atoms with Crippen molar-refractivity contribution in [2.75, 3.05) is 23.3 Å². The van der Waals surface area contributed by atoms with Crippen LogP contribution in [0.1, 0.15) is 30.1 Å². The topological polar surface area (TPSA) is 121 Å². The highest BCUT2D eigenvalue weighted by Crippen LogP contribution is 2.35. The first-order valence-corrected chi connectivity index (χ1v) is 8.30. The minimum atomic E-state index is -1.04. The molecule has 1 aromatic carbocycles. The molecule has 136 valence electrons. The highest BCUT2D eigenvalue weighted by atomic mass is 16.6. The molecule has 0 unspecified atom stereocenters. The van der Waals surface area contributed by atoms with Crippen molar-refractivity contribution in [1.29, 1.82) is 0 Å². The van der Waals surface area contributed by atoms with Gasteiger partial charge in [-0.3, -0.25) is 10.1 Å². The average Bonchev–Trinajstić information content (AvgIpc) is 2.62. The Morgan fingerprint density at radius 3 is 2.50 bits per heavy atom. The number of aromatic nitrogens is 2. The van der Waals surface area contributed by atoms with E-state index in [4.69, 9.17) is 5.11 Å². The maximum Gasteiger partial charge on any atom is 0.353 e. The molecule has 0 bridgehead atoms. The summed E-state index contributed by atoms with van der Waals surface area (Å²) >= 11 is 0. The number of nitrogens with one attached hydrogen (secondary N) is 1. The van der Waals surface area contributed by atoms with Crippen molar-refractivity contribution in [2.45, 2.75) is 19.8 Å². The monoisotopic (exact) mass is 357 g/mol. The zero-order valence-electron chi connectivity index (χ0n) is 14.3. The Bertz CT molecular complexity index is 816. The fraction of sp³-hybridized carbons (Fsp3) is 0.353. The standard InChI is InChI=1S/C17H19N5O4/c1-11-6-8-21(9-7-11)16-14(22(25)26)15(18-10-19-16)20-13-4-2-12(3-5-13)17(23)24/h2-5,10-11H,6-9H2,1H3,(H,23,24)(H,18,19,20). The third-order valence-electron chi connectivity index (χ3n) is 4.46. The van der Waals surface area contributed by atoms with Crippen LogP contribution in [0, 0.1) is 16.0 Å². The second kappa shape index (κ2) is 7.34. The maximum atomic E-state index is 11.7. The summed E-state index contributed by atoms with van der Waals surface area (Å²) in [6.45, 7) is 3.59. The van der Waals surface area contributed by atoms with Gasteiger partial charge in [-0.05, 0) is 43.0 Å². The van der Waals surface area contributed by atoms with Crippen LogP contribution in [0.25, 0.3) is 0 Å². The minimum Gasteiger partial charge on any atom is -0.478 e. The average molecular weight is 357 g/mol. The summed E-state index contributed by atoms with van der Waals surface area (Å²) in [5, 5.41) is 23.5. The Morgan fingerprint density at radius 2 is 1.92 bits per heavy atom. The predicted octanol–water partition coefficient (Wildman–Crippen LogP) is 3.06. The molecule has 1 fully saturated rings.